The standard InChI is InChI=1S/C23H20ClF2N3O4/c24-16-7-5-15(6-8-16)23(25,26)22(33)27-11-13-4-9-17-14(10-13)12-29(21(17)32)18-2-1-3-19(30)28-20(18)31/h4-10,18H,1-3,11-12H2,(H,27,33)(H,28,30,31). The van der Waals surface area contributed by atoms with Crippen LogP contribution in [0, 0.1) is 0 Å². The van der Waals surface area contributed by atoms with Crippen molar-refractivity contribution in [1.29, 1.82) is 0 Å². The number of carbonyl (C=O) groups excluding carboxylic acids is 4. The predicted octanol–water partition coefficient (Wildman–Crippen LogP) is 2.90. The normalized spacial score (nSPS) is 18.6. The van der Waals surface area contributed by atoms with E-state index in [1.807, 2.05) is 0 Å². The molecule has 7 nitrogen and oxygen atoms in total. The maximum Gasteiger partial charge on any atom is 0.349 e. The predicted molar refractivity (Wildman–Crippen MR) is 114 cm³/mol. The zero-order valence-corrected chi connectivity index (χ0v) is 18.1. The van der Waals surface area contributed by atoms with E-state index < -0.39 is 29.3 Å². The maximum absolute atomic E-state index is 14.4. The van der Waals surface area contributed by atoms with Gasteiger partial charge in [-0.2, -0.15) is 8.78 Å². The number of halogens is 3. The first-order chi connectivity index (χ1) is 15.7. The summed E-state index contributed by atoms with van der Waals surface area (Å²) in [6, 6.07) is 8.76. The van der Waals surface area contributed by atoms with Crippen molar-refractivity contribution >= 4 is 35.2 Å². The van der Waals surface area contributed by atoms with Gasteiger partial charge in [0.05, 0.1) is 0 Å². The van der Waals surface area contributed by atoms with E-state index in [9.17, 15) is 28.0 Å². The maximum atomic E-state index is 14.4. The fourth-order valence-electron chi connectivity index (χ4n) is 4.01. The van der Waals surface area contributed by atoms with Crippen molar-refractivity contribution in [2.24, 2.45) is 0 Å². The van der Waals surface area contributed by atoms with Gasteiger partial charge in [-0.05, 0) is 42.2 Å². The number of benzene rings is 2. The third kappa shape index (κ3) is 4.59. The number of carbonyl (C=O) groups is 4. The van der Waals surface area contributed by atoms with E-state index in [-0.39, 0.29) is 36.3 Å². The third-order valence-corrected chi connectivity index (χ3v) is 6.02. The van der Waals surface area contributed by atoms with Crippen LogP contribution in [0.25, 0.3) is 0 Å². The zero-order valence-electron chi connectivity index (χ0n) is 17.4. The fourth-order valence-corrected chi connectivity index (χ4v) is 4.14. The van der Waals surface area contributed by atoms with Gasteiger partial charge < -0.3 is 10.2 Å². The molecule has 33 heavy (non-hydrogen) atoms. The lowest BCUT2D eigenvalue weighted by atomic mass is 10.1. The Bertz CT molecular complexity index is 1140. The summed E-state index contributed by atoms with van der Waals surface area (Å²) in [5.41, 5.74) is 1.09. The number of nitrogens with one attached hydrogen (secondary N) is 2. The lowest BCUT2D eigenvalue weighted by Crippen LogP contribution is -2.46. The monoisotopic (exact) mass is 475 g/mol. The second-order valence-electron chi connectivity index (χ2n) is 8.01. The van der Waals surface area contributed by atoms with Gasteiger partial charge in [0, 0.05) is 35.7 Å². The Morgan fingerprint density at radius 2 is 1.88 bits per heavy atom. The van der Waals surface area contributed by atoms with Crippen LogP contribution in [0.1, 0.15) is 46.3 Å². The van der Waals surface area contributed by atoms with E-state index in [0.29, 0.717) is 29.5 Å². The van der Waals surface area contributed by atoms with E-state index in [1.165, 1.54) is 17.0 Å². The van der Waals surface area contributed by atoms with Gasteiger partial charge in [-0.1, -0.05) is 35.9 Å². The number of imide groups is 1. The lowest BCUT2D eigenvalue weighted by molar-refractivity contribution is -0.147. The molecule has 1 saturated heterocycles. The molecule has 10 heteroatoms. The molecule has 2 heterocycles. The van der Waals surface area contributed by atoms with Crippen molar-refractivity contribution in [3.8, 4) is 0 Å². The fraction of sp³-hybridized carbons (Fsp3) is 0.304. The SMILES string of the molecule is O=C1CCCC(N2Cc3cc(CNC(=O)C(F)(F)c4ccc(Cl)cc4)ccc3C2=O)C(=O)N1. The summed E-state index contributed by atoms with van der Waals surface area (Å²) >= 11 is 5.71. The number of alkyl halides is 2. The van der Waals surface area contributed by atoms with Gasteiger partial charge in [0.2, 0.25) is 11.8 Å². The number of fused-ring (bicyclic) bond motifs is 1. The van der Waals surface area contributed by atoms with Gasteiger partial charge >= 0.3 is 5.92 Å². The lowest BCUT2D eigenvalue weighted by Gasteiger charge is -2.24. The van der Waals surface area contributed by atoms with Crippen LogP contribution in [0.3, 0.4) is 0 Å². The minimum absolute atomic E-state index is 0.156. The summed E-state index contributed by atoms with van der Waals surface area (Å²) in [6.07, 6.45) is 1.09. The zero-order chi connectivity index (χ0) is 23.8. The van der Waals surface area contributed by atoms with Crippen LogP contribution < -0.4 is 10.6 Å². The highest BCUT2D eigenvalue weighted by Gasteiger charge is 2.41. The molecule has 1 fully saturated rings. The summed E-state index contributed by atoms with van der Waals surface area (Å²) in [4.78, 5) is 50.3. The van der Waals surface area contributed by atoms with Gasteiger partial charge in [0.1, 0.15) is 6.04 Å². The van der Waals surface area contributed by atoms with Gasteiger partial charge in [-0.3, -0.25) is 24.5 Å². The Morgan fingerprint density at radius 3 is 2.61 bits per heavy atom. The van der Waals surface area contributed by atoms with Crippen molar-refractivity contribution in [1.82, 2.24) is 15.5 Å². The summed E-state index contributed by atoms with van der Waals surface area (Å²) in [6.45, 7) is -0.00886. The number of hydrogen-bond acceptors (Lipinski definition) is 4. The molecule has 0 radical (unpaired) electrons. The smallest absolute Gasteiger partial charge is 0.346 e. The number of amides is 4. The van der Waals surface area contributed by atoms with Crippen LogP contribution >= 0.6 is 11.6 Å². The Hall–Kier alpha value is -3.33. The van der Waals surface area contributed by atoms with E-state index in [0.717, 1.165) is 12.1 Å². The molecule has 1 unspecified atom stereocenters. The molecule has 0 aromatic heterocycles. The molecule has 2 N–H and O–H groups in total. The van der Waals surface area contributed by atoms with Crippen LogP contribution in [0.4, 0.5) is 8.78 Å². The van der Waals surface area contributed by atoms with Crippen LogP contribution in [0.15, 0.2) is 42.5 Å². The first-order valence-corrected chi connectivity index (χ1v) is 10.7. The number of rotatable bonds is 5. The highest BCUT2D eigenvalue weighted by Crippen LogP contribution is 2.30. The molecule has 2 aliphatic rings. The highest BCUT2D eigenvalue weighted by molar-refractivity contribution is 6.30. The van der Waals surface area contributed by atoms with Crippen molar-refractivity contribution in [3.05, 3.63) is 69.7 Å². The second-order valence-corrected chi connectivity index (χ2v) is 8.45. The van der Waals surface area contributed by atoms with Crippen LogP contribution in [-0.4, -0.2) is 34.6 Å². The highest BCUT2D eigenvalue weighted by atomic mass is 35.5. The number of hydrogen-bond donors (Lipinski definition) is 2. The molecule has 2 aliphatic heterocycles. The first-order valence-electron chi connectivity index (χ1n) is 10.4. The summed E-state index contributed by atoms with van der Waals surface area (Å²) in [7, 11) is 0. The Kier molecular flexibility index (Phi) is 6.16. The average Bonchev–Trinajstić information content (AvgIpc) is 2.99. The molecule has 0 aliphatic carbocycles. The molecule has 0 spiro atoms. The molecule has 2 aromatic carbocycles. The molecule has 4 amide bonds. The minimum Gasteiger partial charge on any atom is -0.346 e. The van der Waals surface area contributed by atoms with Gasteiger partial charge in [-0.15, -0.1) is 0 Å². The molecular weight excluding hydrogens is 456 g/mol. The van der Waals surface area contributed by atoms with Crippen molar-refractivity contribution in [2.75, 3.05) is 0 Å². The Labute approximate surface area is 193 Å². The minimum atomic E-state index is -3.74. The van der Waals surface area contributed by atoms with E-state index in [2.05, 4.69) is 10.6 Å². The van der Waals surface area contributed by atoms with Crippen molar-refractivity contribution < 1.29 is 28.0 Å². The van der Waals surface area contributed by atoms with E-state index >= 15 is 0 Å². The first kappa shape index (κ1) is 22.8. The van der Waals surface area contributed by atoms with Crippen LogP contribution in [-0.2, 0) is 33.4 Å². The molecule has 0 bridgehead atoms. The summed E-state index contributed by atoms with van der Waals surface area (Å²) < 4.78 is 28.9. The molecule has 0 saturated carbocycles. The van der Waals surface area contributed by atoms with E-state index in [4.69, 9.17) is 11.6 Å². The second kappa shape index (κ2) is 8.90. The Balaban J connectivity index is 1.44. The van der Waals surface area contributed by atoms with Gasteiger partial charge in [0.15, 0.2) is 0 Å². The quantitative estimate of drug-likeness (QED) is 0.650. The van der Waals surface area contributed by atoms with Crippen LogP contribution in [0.5, 0.6) is 0 Å². The molecule has 1 atom stereocenters. The topological polar surface area (TPSA) is 95.6 Å². The average molecular weight is 476 g/mol. The summed E-state index contributed by atoms with van der Waals surface area (Å²) in [5.74, 6) is -6.39. The van der Waals surface area contributed by atoms with Crippen LogP contribution in [0.2, 0.25) is 5.02 Å². The third-order valence-electron chi connectivity index (χ3n) is 5.77. The van der Waals surface area contributed by atoms with Crippen molar-refractivity contribution in [2.45, 2.75) is 44.3 Å². The van der Waals surface area contributed by atoms with E-state index in [1.54, 1.807) is 18.2 Å². The molecule has 4 rings (SSSR count). The summed E-state index contributed by atoms with van der Waals surface area (Å²) in [5, 5.41) is 4.80. The molecular formula is C23H20ClF2N3O4. The largest absolute Gasteiger partial charge is 0.349 e. The van der Waals surface area contributed by atoms with Crippen molar-refractivity contribution in [3.63, 3.8) is 0 Å². The molecule has 2 aromatic rings. The molecule has 172 valence electrons. The van der Waals surface area contributed by atoms with Gasteiger partial charge in [-0.25, -0.2) is 0 Å². The Morgan fingerprint density at radius 1 is 1.15 bits per heavy atom. The van der Waals surface area contributed by atoms with Gasteiger partial charge in [0.25, 0.3) is 11.8 Å². The number of nitrogens with zero attached hydrogens (tertiary/aromatic N) is 1.